The first kappa shape index (κ1) is 15.8. The fourth-order valence-corrected chi connectivity index (χ4v) is 1.20. The Hall–Kier alpha value is -0.200. The van der Waals surface area contributed by atoms with E-state index < -0.39 is 0 Å². The molecule has 16 heavy (non-hydrogen) atoms. The Balaban J connectivity index is 3.31. The van der Waals surface area contributed by atoms with Crippen LogP contribution >= 0.6 is 0 Å². The number of hydrogen-bond acceptors (Lipinski definition) is 5. The summed E-state index contributed by atoms with van der Waals surface area (Å²) < 4.78 is 10.2. The SMILES string of the molecule is COCCN(C)CCN(C)CCOCCO. The lowest BCUT2D eigenvalue weighted by Gasteiger charge is -2.21. The molecule has 0 spiro atoms. The molecule has 0 aromatic rings. The van der Waals surface area contributed by atoms with E-state index in [1.54, 1.807) is 7.11 Å². The van der Waals surface area contributed by atoms with Gasteiger partial charge < -0.3 is 24.4 Å². The van der Waals surface area contributed by atoms with E-state index in [2.05, 4.69) is 23.9 Å². The van der Waals surface area contributed by atoms with Crippen LogP contribution in [-0.2, 0) is 9.47 Å². The molecule has 0 radical (unpaired) electrons. The minimum atomic E-state index is 0.101. The van der Waals surface area contributed by atoms with E-state index in [0.717, 1.165) is 32.8 Å². The van der Waals surface area contributed by atoms with Crippen LogP contribution in [0, 0.1) is 0 Å². The van der Waals surface area contributed by atoms with Crippen LogP contribution in [0.5, 0.6) is 0 Å². The third-order valence-electron chi connectivity index (χ3n) is 2.39. The van der Waals surface area contributed by atoms with Crippen LogP contribution in [0.15, 0.2) is 0 Å². The van der Waals surface area contributed by atoms with Crippen molar-refractivity contribution >= 4 is 0 Å². The summed E-state index contributed by atoms with van der Waals surface area (Å²) >= 11 is 0. The van der Waals surface area contributed by atoms with Gasteiger partial charge in [0.25, 0.3) is 0 Å². The number of nitrogens with zero attached hydrogens (tertiary/aromatic N) is 2. The van der Waals surface area contributed by atoms with Gasteiger partial charge in [0, 0.05) is 33.3 Å². The molecule has 0 aliphatic rings. The maximum atomic E-state index is 8.53. The summed E-state index contributed by atoms with van der Waals surface area (Å²) in [6.07, 6.45) is 0. The molecule has 0 heterocycles. The minimum absolute atomic E-state index is 0.101. The van der Waals surface area contributed by atoms with Gasteiger partial charge >= 0.3 is 0 Å². The molecule has 0 aromatic carbocycles. The van der Waals surface area contributed by atoms with Gasteiger partial charge in [-0.05, 0) is 14.1 Å². The van der Waals surface area contributed by atoms with E-state index in [4.69, 9.17) is 14.6 Å². The summed E-state index contributed by atoms with van der Waals surface area (Å²) in [7, 11) is 5.89. The zero-order valence-electron chi connectivity index (χ0n) is 10.8. The topological polar surface area (TPSA) is 45.2 Å². The van der Waals surface area contributed by atoms with E-state index in [-0.39, 0.29) is 6.61 Å². The Bertz CT molecular complexity index is 147. The standard InChI is InChI=1S/C11H26N2O3/c1-12(6-9-15-3)4-5-13(2)7-10-16-11-8-14/h14H,4-11H2,1-3H3. The summed E-state index contributed by atoms with van der Waals surface area (Å²) in [5.74, 6) is 0. The number of likely N-dealkylation sites (N-methyl/N-ethyl adjacent to an activating group) is 2. The van der Waals surface area contributed by atoms with Crippen molar-refractivity contribution in [1.82, 2.24) is 9.80 Å². The normalized spacial score (nSPS) is 11.6. The lowest BCUT2D eigenvalue weighted by atomic mass is 10.4. The molecule has 0 atom stereocenters. The van der Waals surface area contributed by atoms with Crippen molar-refractivity contribution < 1.29 is 14.6 Å². The second kappa shape index (κ2) is 11.3. The van der Waals surface area contributed by atoms with E-state index in [0.29, 0.717) is 13.2 Å². The molecular weight excluding hydrogens is 208 g/mol. The zero-order valence-corrected chi connectivity index (χ0v) is 10.8. The van der Waals surface area contributed by atoms with Crippen molar-refractivity contribution in [1.29, 1.82) is 0 Å². The predicted molar refractivity (Wildman–Crippen MR) is 64.8 cm³/mol. The van der Waals surface area contributed by atoms with Crippen LogP contribution < -0.4 is 0 Å². The number of ether oxygens (including phenoxy) is 2. The van der Waals surface area contributed by atoms with Crippen LogP contribution in [-0.4, -0.2) is 88.7 Å². The maximum Gasteiger partial charge on any atom is 0.0698 e. The lowest BCUT2D eigenvalue weighted by molar-refractivity contribution is 0.0762. The van der Waals surface area contributed by atoms with Crippen LogP contribution in [0.2, 0.25) is 0 Å². The molecule has 0 rings (SSSR count). The van der Waals surface area contributed by atoms with Gasteiger partial charge in [-0.15, -0.1) is 0 Å². The molecule has 0 saturated heterocycles. The highest BCUT2D eigenvalue weighted by molar-refractivity contribution is 4.56. The Morgan fingerprint density at radius 1 is 0.875 bits per heavy atom. The number of rotatable bonds is 11. The molecule has 0 fully saturated rings. The molecule has 0 saturated carbocycles. The largest absolute Gasteiger partial charge is 0.394 e. The quantitative estimate of drug-likeness (QED) is 0.489. The first-order valence-corrected chi connectivity index (χ1v) is 5.75. The summed E-state index contributed by atoms with van der Waals surface area (Å²) in [6, 6.07) is 0. The molecule has 0 amide bonds. The highest BCUT2D eigenvalue weighted by Gasteiger charge is 2.01. The monoisotopic (exact) mass is 234 g/mol. The molecule has 1 N–H and O–H groups in total. The molecule has 0 aliphatic heterocycles. The number of hydrogen-bond donors (Lipinski definition) is 1. The van der Waals surface area contributed by atoms with Crippen molar-refractivity contribution in [2.45, 2.75) is 0 Å². The highest BCUT2D eigenvalue weighted by atomic mass is 16.5. The fourth-order valence-electron chi connectivity index (χ4n) is 1.20. The van der Waals surface area contributed by atoms with Crippen molar-refractivity contribution in [2.24, 2.45) is 0 Å². The van der Waals surface area contributed by atoms with Crippen LogP contribution in [0.3, 0.4) is 0 Å². The second-order valence-electron chi connectivity index (χ2n) is 3.94. The Labute approximate surface area is 98.9 Å². The average Bonchev–Trinajstić information content (AvgIpc) is 2.29. The van der Waals surface area contributed by atoms with Crippen molar-refractivity contribution in [2.75, 3.05) is 73.8 Å². The third kappa shape index (κ3) is 10.3. The fraction of sp³-hybridized carbons (Fsp3) is 1.00. The summed E-state index contributed by atoms with van der Waals surface area (Å²) in [4.78, 5) is 4.47. The first-order valence-electron chi connectivity index (χ1n) is 5.75. The van der Waals surface area contributed by atoms with E-state index in [9.17, 15) is 0 Å². The van der Waals surface area contributed by atoms with E-state index in [1.165, 1.54) is 0 Å². The van der Waals surface area contributed by atoms with E-state index >= 15 is 0 Å². The summed E-state index contributed by atoms with van der Waals surface area (Å²) in [5, 5.41) is 8.53. The van der Waals surface area contributed by atoms with Crippen LogP contribution in [0.1, 0.15) is 0 Å². The summed E-state index contributed by atoms with van der Waals surface area (Å²) in [5.41, 5.74) is 0. The Kier molecular flexibility index (Phi) is 11.1. The molecule has 0 aromatic heterocycles. The Morgan fingerprint density at radius 3 is 1.94 bits per heavy atom. The van der Waals surface area contributed by atoms with Gasteiger partial charge in [0.05, 0.1) is 26.4 Å². The molecular formula is C11H26N2O3. The molecule has 0 bridgehead atoms. The van der Waals surface area contributed by atoms with Crippen molar-refractivity contribution in [3.8, 4) is 0 Å². The lowest BCUT2D eigenvalue weighted by Crippen LogP contribution is -2.34. The average molecular weight is 234 g/mol. The number of aliphatic hydroxyl groups excluding tert-OH is 1. The Morgan fingerprint density at radius 2 is 1.44 bits per heavy atom. The zero-order chi connectivity index (χ0) is 12.2. The maximum absolute atomic E-state index is 8.53. The van der Waals surface area contributed by atoms with E-state index in [1.807, 2.05) is 0 Å². The second-order valence-corrected chi connectivity index (χ2v) is 3.94. The highest BCUT2D eigenvalue weighted by Crippen LogP contribution is 1.87. The number of aliphatic hydroxyl groups is 1. The molecule has 0 unspecified atom stereocenters. The third-order valence-corrected chi connectivity index (χ3v) is 2.39. The molecule has 98 valence electrons. The smallest absolute Gasteiger partial charge is 0.0698 e. The van der Waals surface area contributed by atoms with Gasteiger partial charge in [-0.1, -0.05) is 0 Å². The van der Waals surface area contributed by atoms with Gasteiger partial charge in [-0.25, -0.2) is 0 Å². The molecule has 0 aliphatic carbocycles. The summed E-state index contributed by atoms with van der Waals surface area (Å²) in [6.45, 7) is 5.90. The molecule has 5 nitrogen and oxygen atoms in total. The molecule has 5 heteroatoms. The predicted octanol–water partition coefficient (Wildman–Crippen LogP) is -0.495. The van der Waals surface area contributed by atoms with Crippen LogP contribution in [0.4, 0.5) is 0 Å². The van der Waals surface area contributed by atoms with Crippen LogP contribution in [0.25, 0.3) is 0 Å². The number of methoxy groups -OCH3 is 1. The first-order chi connectivity index (χ1) is 7.70. The van der Waals surface area contributed by atoms with Gasteiger partial charge in [0.1, 0.15) is 0 Å². The van der Waals surface area contributed by atoms with Crippen molar-refractivity contribution in [3.63, 3.8) is 0 Å². The van der Waals surface area contributed by atoms with Gasteiger partial charge in [-0.3, -0.25) is 0 Å². The van der Waals surface area contributed by atoms with Gasteiger partial charge in [0.15, 0.2) is 0 Å². The minimum Gasteiger partial charge on any atom is -0.394 e. The van der Waals surface area contributed by atoms with Gasteiger partial charge in [-0.2, -0.15) is 0 Å². The van der Waals surface area contributed by atoms with Gasteiger partial charge in [0.2, 0.25) is 0 Å². The van der Waals surface area contributed by atoms with Crippen molar-refractivity contribution in [3.05, 3.63) is 0 Å².